The highest BCUT2D eigenvalue weighted by Gasteiger charge is 2.23. The number of benzene rings is 2. The normalized spacial score (nSPS) is 13.6. The van der Waals surface area contributed by atoms with Crippen LogP contribution in [0.4, 0.5) is 0 Å². The van der Waals surface area contributed by atoms with Crippen LogP contribution in [-0.2, 0) is 4.79 Å². The molecule has 0 amide bonds. The third-order valence-corrected chi connectivity index (χ3v) is 4.30. The van der Waals surface area contributed by atoms with Crippen molar-refractivity contribution in [3.8, 4) is 0 Å². The third kappa shape index (κ3) is 4.39. The molecule has 0 aromatic heterocycles. The maximum Gasteiger partial charge on any atom is 0.310 e. The quantitative estimate of drug-likeness (QED) is 0.711. The number of carboxylic acid groups (broad SMARTS) is 1. The van der Waals surface area contributed by atoms with E-state index in [4.69, 9.17) is 34.8 Å². The van der Waals surface area contributed by atoms with Crippen LogP contribution in [0, 0.1) is 0 Å². The van der Waals surface area contributed by atoms with Gasteiger partial charge in [0.2, 0.25) is 0 Å². The maximum atomic E-state index is 11.6. The molecule has 1 N–H and O–H groups in total. The van der Waals surface area contributed by atoms with Crippen molar-refractivity contribution in [2.24, 2.45) is 0 Å². The lowest BCUT2D eigenvalue weighted by Crippen LogP contribution is -2.14. The molecule has 2 aromatic carbocycles. The number of halogens is 3. The van der Waals surface area contributed by atoms with Gasteiger partial charge in [0.1, 0.15) is 0 Å². The Hall–Kier alpha value is -1.22. The highest BCUT2D eigenvalue weighted by atomic mass is 35.5. The van der Waals surface area contributed by atoms with Crippen LogP contribution in [0.3, 0.4) is 0 Å². The minimum atomic E-state index is -0.859. The van der Waals surface area contributed by atoms with Crippen LogP contribution >= 0.6 is 34.8 Å². The minimum Gasteiger partial charge on any atom is -0.481 e. The summed E-state index contributed by atoms with van der Waals surface area (Å²) in [4.78, 5) is 11.6. The summed E-state index contributed by atoms with van der Waals surface area (Å²) in [5.74, 6) is -1.46. The molecular formula is C17H15Cl3O2. The Morgan fingerprint density at radius 2 is 1.50 bits per heavy atom. The molecule has 5 heteroatoms. The van der Waals surface area contributed by atoms with Gasteiger partial charge in [-0.3, -0.25) is 4.79 Å². The molecule has 0 aliphatic rings. The highest BCUT2D eigenvalue weighted by Crippen LogP contribution is 2.33. The molecule has 116 valence electrons. The molecule has 0 saturated heterocycles. The van der Waals surface area contributed by atoms with Gasteiger partial charge in [-0.05, 0) is 53.8 Å². The second-order valence-electron chi connectivity index (χ2n) is 5.28. The van der Waals surface area contributed by atoms with Crippen LogP contribution in [0.1, 0.15) is 36.3 Å². The molecule has 2 aromatic rings. The van der Waals surface area contributed by atoms with Crippen LogP contribution in [0.15, 0.2) is 42.5 Å². The first-order valence-electron chi connectivity index (χ1n) is 6.81. The number of rotatable bonds is 5. The van der Waals surface area contributed by atoms with E-state index in [-0.39, 0.29) is 5.92 Å². The van der Waals surface area contributed by atoms with Gasteiger partial charge in [0, 0.05) is 15.1 Å². The Bertz CT molecular complexity index is 648. The van der Waals surface area contributed by atoms with Crippen molar-refractivity contribution < 1.29 is 9.90 Å². The van der Waals surface area contributed by atoms with Crippen LogP contribution in [0.25, 0.3) is 0 Å². The molecular weight excluding hydrogens is 343 g/mol. The predicted molar refractivity (Wildman–Crippen MR) is 91.3 cm³/mol. The monoisotopic (exact) mass is 356 g/mol. The number of aliphatic carboxylic acids is 1. The van der Waals surface area contributed by atoms with Crippen molar-refractivity contribution in [2.75, 3.05) is 0 Å². The van der Waals surface area contributed by atoms with Gasteiger partial charge in [-0.2, -0.15) is 0 Å². The second-order valence-corrected chi connectivity index (χ2v) is 6.59. The summed E-state index contributed by atoms with van der Waals surface area (Å²) < 4.78 is 0. The molecule has 0 bridgehead atoms. The zero-order valence-corrected chi connectivity index (χ0v) is 14.2. The Balaban J connectivity index is 2.23. The third-order valence-electron chi connectivity index (χ3n) is 3.61. The summed E-state index contributed by atoms with van der Waals surface area (Å²) in [6.07, 6.45) is 0.452. The van der Waals surface area contributed by atoms with Crippen molar-refractivity contribution in [1.82, 2.24) is 0 Å². The molecule has 0 unspecified atom stereocenters. The van der Waals surface area contributed by atoms with Crippen molar-refractivity contribution in [1.29, 1.82) is 0 Å². The molecule has 0 radical (unpaired) electrons. The standard InChI is InChI=1S/C17H15Cl3O2/c1-10(12-7-14(19)9-15(20)8-12)6-16(17(21)22)11-2-4-13(18)5-3-11/h2-5,7-10,16H,6H2,1H3,(H,21,22)/t10-,16+/m0/s1. The van der Waals surface area contributed by atoms with E-state index < -0.39 is 11.9 Å². The fourth-order valence-electron chi connectivity index (χ4n) is 2.42. The molecule has 0 heterocycles. The van der Waals surface area contributed by atoms with Crippen LogP contribution in [0.2, 0.25) is 15.1 Å². The van der Waals surface area contributed by atoms with E-state index in [9.17, 15) is 9.90 Å². The second kappa shape index (κ2) is 7.36. The summed E-state index contributed by atoms with van der Waals surface area (Å²) in [6.45, 7) is 1.97. The zero-order valence-electron chi connectivity index (χ0n) is 11.9. The van der Waals surface area contributed by atoms with Gasteiger partial charge >= 0.3 is 5.97 Å². The van der Waals surface area contributed by atoms with Crippen LogP contribution < -0.4 is 0 Å². The van der Waals surface area contributed by atoms with Gasteiger partial charge in [-0.25, -0.2) is 0 Å². The summed E-state index contributed by atoms with van der Waals surface area (Å²) in [5.41, 5.74) is 1.66. The first kappa shape index (κ1) is 17.1. The SMILES string of the molecule is C[C@@H](C[C@@H](C(=O)O)c1ccc(Cl)cc1)c1cc(Cl)cc(Cl)c1. The van der Waals surface area contributed by atoms with Gasteiger partial charge in [-0.15, -0.1) is 0 Å². The van der Waals surface area contributed by atoms with Gasteiger partial charge in [-0.1, -0.05) is 53.9 Å². The Morgan fingerprint density at radius 1 is 0.955 bits per heavy atom. The van der Waals surface area contributed by atoms with E-state index >= 15 is 0 Å². The van der Waals surface area contributed by atoms with Gasteiger partial charge in [0.05, 0.1) is 5.92 Å². The van der Waals surface area contributed by atoms with Gasteiger partial charge < -0.3 is 5.11 Å². The molecule has 2 nitrogen and oxygen atoms in total. The van der Waals surface area contributed by atoms with E-state index in [1.54, 1.807) is 30.3 Å². The number of carbonyl (C=O) groups is 1. The lowest BCUT2D eigenvalue weighted by atomic mass is 9.86. The number of hydrogen-bond acceptors (Lipinski definition) is 1. The van der Waals surface area contributed by atoms with E-state index in [1.165, 1.54) is 0 Å². The lowest BCUT2D eigenvalue weighted by molar-refractivity contribution is -0.139. The molecule has 2 rings (SSSR count). The first-order valence-corrected chi connectivity index (χ1v) is 7.94. The van der Waals surface area contributed by atoms with Gasteiger partial charge in [0.25, 0.3) is 0 Å². The number of hydrogen-bond donors (Lipinski definition) is 1. The average Bonchev–Trinajstić information content (AvgIpc) is 2.44. The summed E-state index contributed by atoms with van der Waals surface area (Å²) >= 11 is 17.9. The van der Waals surface area contributed by atoms with Gasteiger partial charge in [0.15, 0.2) is 0 Å². The topological polar surface area (TPSA) is 37.3 Å². The minimum absolute atomic E-state index is 0.00739. The van der Waals surface area contributed by atoms with Crippen molar-refractivity contribution in [2.45, 2.75) is 25.2 Å². The molecule has 0 spiro atoms. The van der Waals surface area contributed by atoms with E-state index in [2.05, 4.69) is 0 Å². The largest absolute Gasteiger partial charge is 0.481 e. The maximum absolute atomic E-state index is 11.6. The summed E-state index contributed by atoms with van der Waals surface area (Å²) in [7, 11) is 0. The molecule has 0 aliphatic heterocycles. The van der Waals surface area contributed by atoms with E-state index in [0.29, 0.717) is 21.5 Å². The fourth-order valence-corrected chi connectivity index (χ4v) is 3.09. The molecule has 0 fully saturated rings. The summed E-state index contributed by atoms with van der Waals surface area (Å²) in [5, 5.41) is 11.2. The van der Waals surface area contributed by atoms with E-state index in [0.717, 1.165) is 11.1 Å². The van der Waals surface area contributed by atoms with Crippen LogP contribution in [-0.4, -0.2) is 11.1 Å². The average molecular weight is 358 g/mol. The van der Waals surface area contributed by atoms with Crippen LogP contribution in [0.5, 0.6) is 0 Å². The van der Waals surface area contributed by atoms with E-state index in [1.807, 2.05) is 19.1 Å². The first-order chi connectivity index (χ1) is 10.4. The van der Waals surface area contributed by atoms with Crippen molar-refractivity contribution >= 4 is 40.8 Å². The molecule has 0 saturated carbocycles. The van der Waals surface area contributed by atoms with Crippen molar-refractivity contribution in [3.63, 3.8) is 0 Å². The Kier molecular flexibility index (Phi) is 5.74. The molecule has 2 atom stereocenters. The zero-order chi connectivity index (χ0) is 16.3. The smallest absolute Gasteiger partial charge is 0.310 e. The Morgan fingerprint density at radius 3 is 2.00 bits per heavy atom. The molecule has 22 heavy (non-hydrogen) atoms. The fraction of sp³-hybridized carbons (Fsp3) is 0.235. The highest BCUT2D eigenvalue weighted by molar-refractivity contribution is 6.34. The van der Waals surface area contributed by atoms with Crippen molar-refractivity contribution in [3.05, 3.63) is 68.7 Å². The lowest BCUT2D eigenvalue weighted by Gasteiger charge is -2.19. The summed E-state index contributed by atoms with van der Waals surface area (Å²) in [6, 6.07) is 12.2. The number of carboxylic acids is 1. The predicted octanol–water partition coefficient (Wildman–Crippen LogP) is 6.01. The Labute approximate surface area is 144 Å². The molecule has 0 aliphatic carbocycles.